The molecule has 1 aromatic heterocycles. The maximum absolute atomic E-state index is 12.6. The highest BCUT2D eigenvalue weighted by Crippen LogP contribution is 2.17. The van der Waals surface area contributed by atoms with E-state index in [1.54, 1.807) is 22.8 Å². The van der Waals surface area contributed by atoms with Gasteiger partial charge in [-0.2, -0.15) is 0 Å². The number of hydrogen-bond donors (Lipinski definition) is 1. The van der Waals surface area contributed by atoms with E-state index < -0.39 is 11.9 Å². The molecule has 0 aliphatic carbocycles. The van der Waals surface area contributed by atoms with E-state index in [2.05, 4.69) is 4.98 Å². The van der Waals surface area contributed by atoms with Crippen molar-refractivity contribution in [3.63, 3.8) is 0 Å². The van der Waals surface area contributed by atoms with Crippen LogP contribution in [0.25, 0.3) is 10.9 Å². The highest BCUT2D eigenvalue weighted by Gasteiger charge is 2.18. The zero-order chi connectivity index (χ0) is 17.3. The van der Waals surface area contributed by atoms with Crippen molar-refractivity contribution in [1.29, 1.82) is 0 Å². The lowest BCUT2D eigenvalue weighted by atomic mass is 10.1. The Hall–Kier alpha value is -2.70. The zero-order valence-electron chi connectivity index (χ0n) is 13.5. The van der Waals surface area contributed by atoms with E-state index in [0.29, 0.717) is 23.0 Å². The van der Waals surface area contributed by atoms with Gasteiger partial charge in [0, 0.05) is 25.6 Å². The van der Waals surface area contributed by atoms with E-state index in [1.165, 1.54) is 7.05 Å². The average Bonchev–Trinajstić information content (AvgIpc) is 2.78. The normalized spacial score (nSPS) is 14.0. The van der Waals surface area contributed by atoms with E-state index >= 15 is 0 Å². The number of aliphatic carboxylic acids is 1. The fourth-order valence-corrected chi connectivity index (χ4v) is 3.05. The molecule has 1 amide bonds. The molecular weight excluding hydrogens is 310 g/mol. The fourth-order valence-electron chi connectivity index (χ4n) is 3.05. The number of aryl methyl sites for hydroxylation is 1. The van der Waals surface area contributed by atoms with Crippen LogP contribution in [0.5, 0.6) is 0 Å². The van der Waals surface area contributed by atoms with Gasteiger partial charge in [0.15, 0.2) is 0 Å². The predicted molar refractivity (Wildman–Crippen MR) is 88.2 cm³/mol. The van der Waals surface area contributed by atoms with Crippen LogP contribution in [-0.4, -0.2) is 45.0 Å². The summed E-state index contributed by atoms with van der Waals surface area (Å²) >= 11 is 0. The molecule has 0 fully saturated rings. The number of benzene rings is 1. The van der Waals surface area contributed by atoms with Crippen molar-refractivity contribution in [2.75, 3.05) is 13.6 Å². The monoisotopic (exact) mass is 329 g/mol. The summed E-state index contributed by atoms with van der Waals surface area (Å²) < 4.78 is 1.73. The third kappa shape index (κ3) is 3.02. The van der Waals surface area contributed by atoms with Gasteiger partial charge in [-0.05, 0) is 31.0 Å². The Bertz CT molecular complexity index is 872. The van der Waals surface area contributed by atoms with Gasteiger partial charge in [0.1, 0.15) is 12.4 Å². The molecule has 0 unspecified atom stereocenters. The van der Waals surface area contributed by atoms with Crippen LogP contribution >= 0.6 is 0 Å². The summed E-state index contributed by atoms with van der Waals surface area (Å²) in [5.74, 6) is -0.724. The predicted octanol–water partition coefficient (Wildman–Crippen LogP) is 1.28. The third-order valence-electron chi connectivity index (χ3n) is 4.28. The minimum Gasteiger partial charge on any atom is -0.480 e. The fraction of sp³-hybridized carbons (Fsp3) is 0.412. The van der Waals surface area contributed by atoms with Crippen molar-refractivity contribution < 1.29 is 14.7 Å². The van der Waals surface area contributed by atoms with Gasteiger partial charge in [-0.15, -0.1) is 0 Å². The Morgan fingerprint density at radius 2 is 2.08 bits per heavy atom. The molecule has 0 saturated heterocycles. The number of likely N-dealkylation sites (N-methyl/N-ethyl adjacent to an activating group) is 1. The molecule has 0 bridgehead atoms. The number of aromatic nitrogens is 2. The molecule has 1 aromatic carbocycles. The number of rotatable bonds is 3. The van der Waals surface area contributed by atoms with Crippen molar-refractivity contribution in [3.05, 3.63) is 39.9 Å². The van der Waals surface area contributed by atoms with Crippen LogP contribution in [0.4, 0.5) is 0 Å². The molecule has 7 heteroatoms. The second-order valence-electron chi connectivity index (χ2n) is 6.08. The maximum atomic E-state index is 12.6. The SMILES string of the molecule is CN(CC(=O)O)C(=O)c1ccc2c(=O)n3c(nc2c1)CCCCC3. The summed E-state index contributed by atoms with van der Waals surface area (Å²) in [4.78, 5) is 41.4. The molecule has 0 atom stereocenters. The Morgan fingerprint density at radius 1 is 1.29 bits per heavy atom. The second kappa shape index (κ2) is 6.43. The highest BCUT2D eigenvalue weighted by atomic mass is 16.4. The molecule has 3 rings (SSSR count). The molecule has 1 aliphatic heterocycles. The molecule has 0 radical (unpaired) electrons. The minimum atomic E-state index is -1.08. The number of nitrogens with zero attached hydrogens (tertiary/aromatic N) is 3. The highest BCUT2D eigenvalue weighted by molar-refractivity contribution is 5.98. The van der Waals surface area contributed by atoms with Gasteiger partial charge in [0.05, 0.1) is 10.9 Å². The molecular formula is C17H19N3O4. The standard InChI is InChI=1S/C17H19N3O4/c1-19(10-15(21)22)16(23)11-6-7-12-13(9-11)18-14-5-3-2-4-8-20(14)17(12)24/h6-7,9H,2-5,8,10H2,1H3,(H,21,22). The summed E-state index contributed by atoms with van der Waals surface area (Å²) in [5, 5.41) is 9.28. The van der Waals surface area contributed by atoms with Crippen LogP contribution in [0, 0.1) is 0 Å². The Balaban J connectivity index is 2.04. The number of amides is 1. The van der Waals surface area contributed by atoms with Gasteiger partial charge in [-0.25, -0.2) is 4.98 Å². The van der Waals surface area contributed by atoms with Crippen LogP contribution in [0.3, 0.4) is 0 Å². The van der Waals surface area contributed by atoms with Gasteiger partial charge in [-0.1, -0.05) is 6.42 Å². The quantitative estimate of drug-likeness (QED) is 0.916. The first-order valence-corrected chi connectivity index (χ1v) is 7.98. The van der Waals surface area contributed by atoms with Gasteiger partial charge < -0.3 is 10.0 Å². The molecule has 7 nitrogen and oxygen atoms in total. The van der Waals surface area contributed by atoms with E-state index in [9.17, 15) is 14.4 Å². The van der Waals surface area contributed by atoms with Crippen LogP contribution in [0.2, 0.25) is 0 Å². The molecule has 0 saturated carbocycles. The van der Waals surface area contributed by atoms with Crippen molar-refractivity contribution in [2.45, 2.75) is 32.2 Å². The van der Waals surface area contributed by atoms with Gasteiger partial charge in [0.2, 0.25) is 0 Å². The molecule has 0 spiro atoms. The Labute approximate surface area is 138 Å². The van der Waals surface area contributed by atoms with Gasteiger partial charge in [0.25, 0.3) is 11.5 Å². The maximum Gasteiger partial charge on any atom is 0.323 e. The first kappa shape index (κ1) is 16.2. The Kier molecular flexibility index (Phi) is 4.33. The number of carbonyl (C=O) groups excluding carboxylic acids is 1. The topological polar surface area (TPSA) is 92.5 Å². The van der Waals surface area contributed by atoms with Crippen LogP contribution in [-0.2, 0) is 17.8 Å². The second-order valence-corrected chi connectivity index (χ2v) is 6.08. The lowest BCUT2D eigenvalue weighted by Crippen LogP contribution is -2.32. The lowest BCUT2D eigenvalue weighted by Gasteiger charge is -2.15. The smallest absolute Gasteiger partial charge is 0.323 e. The first-order valence-electron chi connectivity index (χ1n) is 7.98. The lowest BCUT2D eigenvalue weighted by molar-refractivity contribution is -0.137. The van der Waals surface area contributed by atoms with E-state index in [-0.39, 0.29) is 12.1 Å². The van der Waals surface area contributed by atoms with E-state index in [0.717, 1.165) is 36.4 Å². The number of carboxylic acids is 1. The van der Waals surface area contributed by atoms with Gasteiger partial charge >= 0.3 is 5.97 Å². The van der Waals surface area contributed by atoms with Crippen LogP contribution in [0.1, 0.15) is 35.4 Å². The van der Waals surface area contributed by atoms with Crippen molar-refractivity contribution in [2.24, 2.45) is 0 Å². The molecule has 1 N–H and O–H groups in total. The molecule has 126 valence electrons. The number of carbonyl (C=O) groups is 2. The number of carboxylic acid groups (broad SMARTS) is 1. The van der Waals surface area contributed by atoms with Crippen LogP contribution < -0.4 is 5.56 Å². The third-order valence-corrected chi connectivity index (χ3v) is 4.28. The first-order chi connectivity index (χ1) is 11.5. The largest absolute Gasteiger partial charge is 0.480 e. The van der Waals surface area contributed by atoms with E-state index in [4.69, 9.17) is 5.11 Å². The van der Waals surface area contributed by atoms with Crippen molar-refractivity contribution >= 4 is 22.8 Å². The van der Waals surface area contributed by atoms with Gasteiger partial charge in [-0.3, -0.25) is 19.0 Å². The summed E-state index contributed by atoms with van der Waals surface area (Å²) in [7, 11) is 1.43. The average molecular weight is 329 g/mol. The van der Waals surface area contributed by atoms with Crippen molar-refractivity contribution in [3.8, 4) is 0 Å². The Morgan fingerprint density at radius 3 is 2.83 bits per heavy atom. The number of fused-ring (bicyclic) bond motifs is 2. The van der Waals surface area contributed by atoms with Crippen molar-refractivity contribution in [1.82, 2.24) is 14.5 Å². The molecule has 2 aromatic rings. The summed E-state index contributed by atoms with van der Waals surface area (Å²) in [6.45, 7) is 0.302. The zero-order valence-corrected chi connectivity index (χ0v) is 13.5. The number of hydrogen-bond acceptors (Lipinski definition) is 4. The van der Waals surface area contributed by atoms with E-state index in [1.807, 2.05) is 0 Å². The summed E-state index contributed by atoms with van der Waals surface area (Å²) in [6, 6.07) is 4.73. The molecule has 2 heterocycles. The molecule has 24 heavy (non-hydrogen) atoms. The molecule has 1 aliphatic rings. The summed E-state index contributed by atoms with van der Waals surface area (Å²) in [5.41, 5.74) is 0.745. The summed E-state index contributed by atoms with van der Waals surface area (Å²) in [6.07, 6.45) is 3.79. The minimum absolute atomic E-state index is 0.0743. The van der Waals surface area contributed by atoms with Crippen LogP contribution in [0.15, 0.2) is 23.0 Å².